The van der Waals surface area contributed by atoms with Crippen LogP contribution in [-0.2, 0) is 0 Å². The van der Waals surface area contributed by atoms with Crippen LogP contribution < -0.4 is 9.47 Å². The third kappa shape index (κ3) is 1.65. The first-order valence-electron chi connectivity index (χ1n) is 5.13. The molecule has 0 atom stereocenters. The molecule has 0 saturated heterocycles. The summed E-state index contributed by atoms with van der Waals surface area (Å²) in [5.74, 6) is 2.06. The zero-order valence-electron chi connectivity index (χ0n) is 8.59. The largest absolute Gasteiger partial charge is 0.422 e. The minimum absolute atomic E-state index is 0.521. The van der Waals surface area contributed by atoms with Gasteiger partial charge in [-0.1, -0.05) is 42.5 Å². The zero-order valence-corrected chi connectivity index (χ0v) is 8.59. The highest BCUT2D eigenvalue weighted by atomic mass is 16.7. The average Bonchev–Trinajstić information content (AvgIpc) is 2.72. The highest BCUT2D eigenvalue weighted by Crippen LogP contribution is 2.35. The monoisotopic (exact) mass is 210 g/mol. The molecule has 2 heteroatoms. The Hall–Kier alpha value is -2.22. The van der Waals surface area contributed by atoms with Crippen LogP contribution in [-0.4, -0.2) is 0 Å². The first-order valence-corrected chi connectivity index (χ1v) is 5.13. The van der Waals surface area contributed by atoms with E-state index in [-0.39, 0.29) is 0 Å². The molecule has 16 heavy (non-hydrogen) atoms. The number of hydrogen-bond acceptors (Lipinski definition) is 2. The highest BCUT2D eigenvalue weighted by Gasteiger charge is 2.17. The molecule has 78 valence electrons. The maximum absolute atomic E-state index is 5.55. The van der Waals surface area contributed by atoms with Crippen molar-refractivity contribution in [1.29, 1.82) is 0 Å². The fourth-order valence-electron chi connectivity index (χ4n) is 1.60. The number of rotatable bonds is 1. The number of hydrogen-bond donors (Lipinski definition) is 0. The van der Waals surface area contributed by atoms with Crippen LogP contribution >= 0.6 is 0 Å². The van der Waals surface area contributed by atoms with Gasteiger partial charge in [-0.15, -0.1) is 0 Å². The number of ether oxygens (including phenoxy) is 2. The van der Waals surface area contributed by atoms with Crippen molar-refractivity contribution in [1.82, 2.24) is 0 Å². The first-order chi connectivity index (χ1) is 7.92. The summed E-state index contributed by atoms with van der Waals surface area (Å²) in [4.78, 5) is 0. The van der Waals surface area contributed by atoms with Crippen molar-refractivity contribution < 1.29 is 9.47 Å². The van der Waals surface area contributed by atoms with E-state index in [1.54, 1.807) is 0 Å². The molecule has 0 spiro atoms. The molecular formula is C14H10O2. The fourth-order valence-corrected chi connectivity index (χ4v) is 1.60. The average molecular weight is 210 g/mol. The topological polar surface area (TPSA) is 18.5 Å². The molecule has 2 aromatic rings. The maximum atomic E-state index is 5.55. The second-order valence-electron chi connectivity index (χ2n) is 3.52. The smallest absolute Gasteiger partial charge is 0.291 e. The molecule has 1 aliphatic heterocycles. The van der Waals surface area contributed by atoms with Crippen molar-refractivity contribution in [3.8, 4) is 11.5 Å². The Morgan fingerprint density at radius 1 is 0.688 bits per heavy atom. The Labute approximate surface area is 93.8 Å². The van der Waals surface area contributed by atoms with Gasteiger partial charge in [0.1, 0.15) is 0 Å². The number of fused-ring (bicyclic) bond motifs is 1. The van der Waals surface area contributed by atoms with Crippen LogP contribution in [0.3, 0.4) is 0 Å². The summed E-state index contributed by atoms with van der Waals surface area (Å²) < 4.78 is 11.1. The lowest BCUT2D eigenvalue weighted by atomic mass is 10.2. The molecule has 2 nitrogen and oxygen atoms in total. The van der Waals surface area contributed by atoms with Crippen LogP contribution in [0.1, 0.15) is 5.56 Å². The molecule has 0 bridgehead atoms. The van der Waals surface area contributed by atoms with Gasteiger partial charge in [0, 0.05) is 6.08 Å². The summed E-state index contributed by atoms with van der Waals surface area (Å²) in [6.45, 7) is 0. The van der Waals surface area contributed by atoms with Gasteiger partial charge in [0.05, 0.1) is 0 Å². The minimum atomic E-state index is 0.521. The molecule has 0 unspecified atom stereocenters. The first kappa shape index (κ1) is 9.04. The lowest BCUT2D eigenvalue weighted by Gasteiger charge is -1.96. The minimum Gasteiger partial charge on any atom is -0.422 e. The van der Waals surface area contributed by atoms with E-state index >= 15 is 0 Å². The molecule has 0 aromatic heterocycles. The van der Waals surface area contributed by atoms with Crippen molar-refractivity contribution in [2.24, 2.45) is 0 Å². The van der Waals surface area contributed by atoms with Gasteiger partial charge in [-0.3, -0.25) is 0 Å². The molecule has 2 aromatic carbocycles. The molecule has 0 saturated carbocycles. The maximum Gasteiger partial charge on any atom is 0.291 e. The Morgan fingerprint density at radius 3 is 1.88 bits per heavy atom. The van der Waals surface area contributed by atoms with Crippen LogP contribution in [0.5, 0.6) is 11.5 Å². The van der Waals surface area contributed by atoms with Gasteiger partial charge >= 0.3 is 0 Å². The number of para-hydroxylation sites is 2. The standard InChI is InChI=1S/C14H10O2/c1-2-6-11(7-3-1)10-14-15-12-8-4-5-9-13(12)16-14/h1-10H. The summed E-state index contributed by atoms with van der Waals surface area (Å²) in [6, 6.07) is 17.6. The zero-order chi connectivity index (χ0) is 10.8. The van der Waals surface area contributed by atoms with Crippen LogP contribution in [0.4, 0.5) is 0 Å². The van der Waals surface area contributed by atoms with Crippen molar-refractivity contribution in [2.45, 2.75) is 0 Å². The lowest BCUT2D eigenvalue weighted by Crippen LogP contribution is -1.92. The van der Waals surface area contributed by atoms with Gasteiger partial charge in [-0.2, -0.15) is 0 Å². The van der Waals surface area contributed by atoms with Gasteiger partial charge < -0.3 is 9.47 Å². The summed E-state index contributed by atoms with van der Waals surface area (Å²) in [5, 5.41) is 0. The molecule has 0 N–H and O–H groups in total. The third-order valence-electron chi connectivity index (χ3n) is 2.35. The fraction of sp³-hybridized carbons (Fsp3) is 0. The normalized spacial score (nSPS) is 12.6. The quantitative estimate of drug-likeness (QED) is 0.717. The SMILES string of the molecule is C(=C1Oc2ccccc2O1)c1ccccc1. The molecule has 0 radical (unpaired) electrons. The molecule has 0 amide bonds. The molecular weight excluding hydrogens is 200 g/mol. The van der Waals surface area contributed by atoms with Crippen molar-refractivity contribution >= 4 is 6.08 Å². The van der Waals surface area contributed by atoms with Crippen LogP contribution in [0, 0.1) is 0 Å². The Balaban J connectivity index is 1.89. The molecule has 3 rings (SSSR count). The van der Waals surface area contributed by atoms with E-state index in [0.29, 0.717) is 5.95 Å². The third-order valence-corrected chi connectivity index (χ3v) is 2.35. The number of benzene rings is 2. The van der Waals surface area contributed by atoms with Crippen LogP contribution in [0.25, 0.3) is 6.08 Å². The van der Waals surface area contributed by atoms with E-state index in [1.807, 2.05) is 60.7 Å². The van der Waals surface area contributed by atoms with E-state index in [1.165, 1.54) is 0 Å². The Morgan fingerprint density at radius 2 is 1.25 bits per heavy atom. The lowest BCUT2D eigenvalue weighted by molar-refractivity contribution is 0.293. The van der Waals surface area contributed by atoms with Gasteiger partial charge in [-0.05, 0) is 17.7 Å². The molecule has 0 aliphatic carbocycles. The highest BCUT2D eigenvalue weighted by molar-refractivity contribution is 5.54. The summed E-state index contributed by atoms with van der Waals surface area (Å²) in [7, 11) is 0. The summed E-state index contributed by atoms with van der Waals surface area (Å²) in [5.41, 5.74) is 1.06. The Kier molecular flexibility index (Phi) is 2.11. The van der Waals surface area contributed by atoms with Gasteiger partial charge in [0.15, 0.2) is 11.5 Å². The molecule has 0 fully saturated rings. The van der Waals surface area contributed by atoms with Crippen molar-refractivity contribution in [2.75, 3.05) is 0 Å². The van der Waals surface area contributed by atoms with E-state index in [9.17, 15) is 0 Å². The predicted octanol–water partition coefficient (Wildman–Crippen LogP) is 3.46. The van der Waals surface area contributed by atoms with E-state index < -0.39 is 0 Å². The summed E-state index contributed by atoms with van der Waals surface area (Å²) >= 11 is 0. The van der Waals surface area contributed by atoms with E-state index in [2.05, 4.69) is 0 Å². The second-order valence-corrected chi connectivity index (χ2v) is 3.52. The molecule has 1 aliphatic rings. The molecule has 1 heterocycles. The second kappa shape index (κ2) is 3.74. The van der Waals surface area contributed by atoms with E-state index in [4.69, 9.17) is 9.47 Å². The Bertz CT molecular complexity index is 502. The van der Waals surface area contributed by atoms with Crippen molar-refractivity contribution in [3.05, 3.63) is 66.1 Å². The van der Waals surface area contributed by atoms with E-state index in [0.717, 1.165) is 17.1 Å². The van der Waals surface area contributed by atoms with Crippen LogP contribution in [0.2, 0.25) is 0 Å². The van der Waals surface area contributed by atoms with Crippen molar-refractivity contribution in [3.63, 3.8) is 0 Å². The van der Waals surface area contributed by atoms with Gasteiger partial charge in [0.2, 0.25) is 0 Å². The van der Waals surface area contributed by atoms with Gasteiger partial charge in [0.25, 0.3) is 5.95 Å². The summed E-state index contributed by atoms with van der Waals surface area (Å²) in [6.07, 6.45) is 1.88. The van der Waals surface area contributed by atoms with Crippen LogP contribution in [0.15, 0.2) is 60.5 Å². The predicted molar refractivity (Wildman–Crippen MR) is 62.1 cm³/mol. The van der Waals surface area contributed by atoms with Gasteiger partial charge in [-0.25, -0.2) is 0 Å².